The van der Waals surface area contributed by atoms with Crippen LogP contribution in [-0.4, -0.2) is 0 Å². The molecule has 0 saturated heterocycles. The molecule has 0 radical (unpaired) electrons. The molecule has 0 saturated carbocycles. The maximum Gasteiger partial charge on any atom is 1.00 e. The third kappa shape index (κ3) is 8.84. The number of hydrogen-bond donors (Lipinski definition) is 0. The third-order valence-corrected chi connectivity index (χ3v) is 0.427. The van der Waals surface area contributed by atoms with Gasteiger partial charge in [-0.2, -0.15) is 6.42 Å². The first-order valence-corrected chi connectivity index (χ1v) is 1.71. The molecule has 0 aromatic rings. The first-order valence-electron chi connectivity index (χ1n) is 1.71. The second-order valence-corrected chi connectivity index (χ2v) is 1.21. The molecule has 0 nitrogen and oxygen atoms in total. The molecule has 0 N–H and O–H groups in total. The standard InChI is InChI=1S/C5H9.Li/c1-4-5(2)3;/h1-2,4H2,3H3;/q-1;+1. The Balaban J connectivity index is 0. The molecule has 0 aliphatic rings. The zero-order valence-corrected chi connectivity index (χ0v) is 4.62. The summed E-state index contributed by atoms with van der Waals surface area (Å²) in [7, 11) is 0. The molecule has 0 aromatic carbocycles. The quantitative estimate of drug-likeness (QED) is 0.209. The second kappa shape index (κ2) is 5.34. The molecule has 0 fully saturated rings. The number of hydrogen-bond acceptors (Lipinski definition) is 0. The Morgan fingerprint density at radius 1 is 1.83 bits per heavy atom. The summed E-state index contributed by atoms with van der Waals surface area (Å²) in [6, 6.07) is 0. The molecule has 0 amide bonds. The summed E-state index contributed by atoms with van der Waals surface area (Å²) >= 11 is 0. The normalized spacial score (nSPS) is 6.33. The molecule has 0 spiro atoms. The van der Waals surface area contributed by atoms with Gasteiger partial charge in [-0.25, -0.2) is 0 Å². The van der Waals surface area contributed by atoms with Crippen LogP contribution in [0.1, 0.15) is 13.3 Å². The van der Waals surface area contributed by atoms with Gasteiger partial charge in [-0.1, -0.05) is 0 Å². The van der Waals surface area contributed by atoms with Crippen molar-refractivity contribution in [2.75, 3.05) is 0 Å². The van der Waals surface area contributed by atoms with Gasteiger partial charge in [0.15, 0.2) is 0 Å². The topological polar surface area (TPSA) is 0 Å². The Labute approximate surface area is 51.8 Å². The largest absolute Gasteiger partial charge is 1.00 e. The molecule has 6 heavy (non-hydrogen) atoms. The smallest absolute Gasteiger partial charge is 0.339 e. The van der Waals surface area contributed by atoms with E-state index in [4.69, 9.17) is 0 Å². The average Bonchev–Trinajstić information content (AvgIpc) is 1.38. The van der Waals surface area contributed by atoms with E-state index in [0.29, 0.717) is 0 Å². The second-order valence-electron chi connectivity index (χ2n) is 1.21. The van der Waals surface area contributed by atoms with E-state index >= 15 is 0 Å². The average molecular weight is 76.1 g/mol. The van der Waals surface area contributed by atoms with Crippen LogP contribution in [0, 0.1) is 6.92 Å². The van der Waals surface area contributed by atoms with Crippen LogP contribution in [-0.2, 0) is 0 Å². The molecular formula is C5H9Li. The van der Waals surface area contributed by atoms with Crippen LogP contribution in [0.15, 0.2) is 12.2 Å². The van der Waals surface area contributed by atoms with Crippen molar-refractivity contribution in [2.45, 2.75) is 13.3 Å². The van der Waals surface area contributed by atoms with Gasteiger partial charge in [0.05, 0.1) is 0 Å². The van der Waals surface area contributed by atoms with Crippen LogP contribution in [0.3, 0.4) is 0 Å². The van der Waals surface area contributed by atoms with Crippen molar-refractivity contribution < 1.29 is 18.9 Å². The van der Waals surface area contributed by atoms with Crippen molar-refractivity contribution >= 4 is 0 Å². The van der Waals surface area contributed by atoms with Gasteiger partial charge in [-0.05, 0) is 6.92 Å². The fourth-order valence-corrected chi connectivity index (χ4v) is 0. The SMILES string of the molecule is C=C(C)C[CH2-].[Li+]. The van der Waals surface area contributed by atoms with Crippen LogP contribution < -0.4 is 18.9 Å². The maximum atomic E-state index is 3.61. The van der Waals surface area contributed by atoms with Gasteiger partial charge in [0.2, 0.25) is 0 Å². The van der Waals surface area contributed by atoms with Gasteiger partial charge in [-0.15, -0.1) is 12.2 Å². The van der Waals surface area contributed by atoms with E-state index in [2.05, 4.69) is 13.5 Å². The molecule has 0 aromatic heterocycles. The monoisotopic (exact) mass is 76.1 g/mol. The van der Waals surface area contributed by atoms with Crippen LogP contribution in [0.5, 0.6) is 0 Å². The molecule has 0 heterocycles. The summed E-state index contributed by atoms with van der Waals surface area (Å²) in [6.45, 7) is 9.16. The fraction of sp³-hybridized carbons (Fsp3) is 0.400. The molecule has 0 bridgehead atoms. The molecule has 0 atom stereocenters. The van der Waals surface area contributed by atoms with E-state index in [0.717, 1.165) is 12.0 Å². The summed E-state index contributed by atoms with van der Waals surface area (Å²) in [4.78, 5) is 0. The predicted molar refractivity (Wildman–Crippen MR) is 24.8 cm³/mol. The molecule has 1 heteroatoms. The maximum absolute atomic E-state index is 3.61. The van der Waals surface area contributed by atoms with Gasteiger partial charge in [0.25, 0.3) is 0 Å². The first-order chi connectivity index (χ1) is 2.27. The van der Waals surface area contributed by atoms with Crippen molar-refractivity contribution in [1.29, 1.82) is 0 Å². The molecule has 0 rings (SSSR count). The minimum absolute atomic E-state index is 0. The summed E-state index contributed by atoms with van der Waals surface area (Å²) in [6.07, 6.45) is 0.861. The zero-order chi connectivity index (χ0) is 4.28. The van der Waals surface area contributed by atoms with Crippen molar-refractivity contribution in [3.8, 4) is 0 Å². The van der Waals surface area contributed by atoms with Crippen molar-refractivity contribution in [3.63, 3.8) is 0 Å². The van der Waals surface area contributed by atoms with E-state index in [1.165, 1.54) is 0 Å². The van der Waals surface area contributed by atoms with Gasteiger partial charge in [0.1, 0.15) is 0 Å². The minimum Gasteiger partial charge on any atom is -0.339 e. The first kappa shape index (κ1) is 9.60. The van der Waals surface area contributed by atoms with Crippen molar-refractivity contribution in [2.24, 2.45) is 0 Å². The van der Waals surface area contributed by atoms with E-state index in [9.17, 15) is 0 Å². The van der Waals surface area contributed by atoms with Crippen LogP contribution in [0.25, 0.3) is 0 Å². The van der Waals surface area contributed by atoms with E-state index < -0.39 is 0 Å². The Morgan fingerprint density at radius 2 is 2.00 bits per heavy atom. The van der Waals surface area contributed by atoms with Crippen LogP contribution >= 0.6 is 0 Å². The molecule has 0 unspecified atom stereocenters. The zero-order valence-electron chi connectivity index (χ0n) is 4.62. The van der Waals surface area contributed by atoms with E-state index in [1.807, 2.05) is 6.92 Å². The van der Waals surface area contributed by atoms with Gasteiger partial charge >= 0.3 is 18.9 Å². The van der Waals surface area contributed by atoms with Crippen LogP contribution in [0.2, 0.25) is 0 Å². The molecular weight excluding hydrogens is 67.0 g/mol. The fourth-order valence-electron chi connectivity index (χ4n) is 0. The van der Waals surface area contributed by atoms with Gasteiger partial charge < -0.3 is 6.92 Å². The Bertz CT molecular complexity index is 39.2. The number of allylic oxidation sites excluding steroid dienone is 1. The number of rotatable bonds is 1. The molecule has 0 aliphatic carbocycles. The predicted octanol–water partition coefficient (Wildman–Crippen LogP) is -1.21. The third-order valence-electron chi connectivity index (χ3n) is 0.427. The summed E-state index contributed by atoms with van der Waals surface area (Å²) in [5.74, 6) is 0. The summed E-state index contributed by atoms with van der Waals surface area (Å²) in [5, 5.41) is 0. The van der Waals surface area contributed by atoms with Gasteiger partial charge in [-0.3, -0.25) is 0 Å². The summed E-state index contributed by atoms with van der Waals surface area (Å²) < 4.78 is 0. The van der Waals surface area contributed by atoms with Crippen molar-refractivity contribution in [3.05, 3.63) is 19.1 Å². The van der Waals surface area contributed by atoms with Crippen LogP contribution in [0.4, 0.5) is 0 Å². The van der Waals surface area contributed by atoms with Gasteiger partial charge in [0, 0.05) is 0 Å². The molecule has 30 valence electrons. The minimum atomic E-state index is 0. The van der Waals surface area contributed by atoms with E-state index in [1.54, 1.807) is 0 Å². The Hall–Kier alpha value is 0.337. The Kier molecular flexibility index (Phi) is 8.54. The Morgan fingerprint density at radius 3 is 2.00 bits per heavy atom. The van der Waals surface area contributed by atoms with Crippen molar-refractivity contribution in [1.82, 2.24) is 0 Å². The van der Waals surface area contributed by atoms with E-state index in [-0.39, 0.29) is 18.9 Å². The summed E-state index contributed by atoms with van der Waals surface area (Å²) in [5.41, 5.74) is 1.14. The molecule has 0 aliphatic heterocycles.